The van der Waals surface area contributed by atoms with Crippen molar-refractivity contribution < 1.29 is 14.6 Å². The van der Waals surface area contributed by atoms with Crippen LogP contribution in [0.1, 0.15) is 23.5 Å². The molecule has 2 rings (SSSR count). The largest absolute Gasteiger partial charge is 0.477 e. The van der Waals surface area contributed by atoms with Crippen molar-refractivity contribution in [3.8, 4) is 10.9 Å². The zero-order valence-corrected chi connectivity index (χ0v) is 13.8. The van der Waals surface area contributed by atoms with Crippen LogP contribution in [0, 0.1) is 0 Å². The molecule has 0 aliphatic heterocycles. The van der Waals surface area contributed by atoms with E-state index in [1.807, 2.05) is 18.2 Å². The molecule has 0 unspecified atom stereocenters. The molecule has 0 amide bonds. The fourth-order valence-corrected chi connectivity index (χ4v) is 1.86. The number of hydrogen-bond donors (Lipinski definition) is 1. The normalized spacial score (nSPS) is 9.65. The van der Waals surface area contributed by atoms with Gasteiger partial charge in [0.25, 0.3) is 5.19 Å². The van der Waals surface area contributed by atoms with E-state index >= 15 is 0 Å². The van der Waals surface area contributed by atoms with Crippen molar-refractivity contribution >= 4 is 17.3 Å². The Morgan fingerprint density at radius 3 is 2.65 bits per heavy atom. The first-order valence-corrected chi connectivity index (χ1v) is 7.54. The van der Waals surface area contributed by atoms with Crippen LogP contribution in [0.2, 0.25) is 0 Å². The van der Waals surface area contributed by atoms with Gasteiger partial charge in [-0.1, -0.05) is 47.8 Å². The minimum Gasteiger partial charge on any atom is -0.477 e. The molecule has 0 aliphatic rings. The first-order valence-electron chi connectivity index (χ1n) is 6.72. The highest BCUT2D eigenvalue weighted by atomic mass is 32.1. The van der Waals surface area contributed by atoms with E-state index in [0.717, 1.165) is 11.3 Å². The van der Waals surface area contributed by atoms with Crippen LogP contribution in [0.4, 0.5) is 0 Å². The highest BCUT2D eigenvalue weighted by molar-refractivity contribution is 7.15. The Hall–Kier alpha value is -2.73. The third-order valence-corrected chi connectivity index (χ3v) is 3.07. The lowest BCUT2D eigenvalue weighted by atomic mass is 10.3. The van der Waals surface area contributed by atoms with E-state index in [1.165, 1.54) is 18.0 Å². The Morgan fingerprint density at radius 2 is 2.13 bits per heavy atom. The Labute approximate surface area is 139 Å². The highest BCUT2D eigenvalue weighted by Gasteiger charge is 2.09. The maximum atomic E-state index is 10.6. The number of allylic oxidation sites excluding steroid dienone is 5. The molecule has 0 spiro atoms. The number of carboxylic acid groups (broad SMARTS) is 1. The zero-order chi connectivity index (χ0) is 17.1. The number of ether oxygens (including phenoxy) is 1. The topological polar surface area (TPSA) is 72.3 Å². The maximum absolute atomic E-state index is 10.6. The molecule has 2 heterocycles. The van der Waals surface area contributed by atoms with E-state index in [-0.39, 0.29) is 4.88 Å². The van der Waals surface area contributed by atoms with Crippen molar-refractivity contribution in [2.45, 2.75) is 13.8 Å². The van der Waals surface area contributed by atoms with Crippen molar-refractivity contribution in [3.63, 3.8) is 0 Å². The van der Waals surface area contributed by atoms with Crippen LogP contribution in [0.15, 0.2) is 67.2 Å². The summed E-state index contributed by atoms with van der Waals surface area (Å²) in [6.07, 6.45) is 12.1. The molecule has 0 atom stereocenters. The summed E-state index contributed by atoms with van der Waals surface area (Å²) in [6.45, 7) is 7.67. The first kappa shape index (κ1) is 18.3. The number of rotatable bonds is 5. The van der Waals surface area contributed by atoms with Crippen LogP contribution in [-0.4, -0.2) is 21.0 Å². The molecule has 5 nitrogen and oxygen atoms in total. The third kappa shape index (κ3) is 7.73. The van der Waals surface area contributed by atoms with Gasteiger partial charge in [0.15, 0.2) is 0 Å². The van der Waals surface area contributed by atoms with Gasteiger partial charge < -0.3 is 9.84 Å². The quantitative estimate of drug-likeness (QED) is 0.803. The lowest BCUT2D eigenvalue weighted by molar-refractivity contribution is 0.0702. The molecule has 6 heteroatoms. The Kier molecular flexibility index (Phi) is 8.02. The SMILES string of the molecule is C=C/C=C\C=C(C)C.O=C(O)c1cnc(Oc2cccnc2)s1. The molecular weight excluding hydrogens is 312 g/mol. The average Bonchev–Trinajstić information content (AvgIpc) is 2.98. The predicted molar refractivity (Wildman–Crippen MR) is 92.2 cm³/mol. The fourth-order valence-electron chi connectivity index (χ4n) is 1.24. The number of pyridine rings is 1. The molecule has 0 aliphatic carbocycles. The van der Waals surface area contributed by atoms with E-state index in [0.29, 0.717) is 10.9 Å². The van der Waals surface area contributed by atoms with Crippen LogP contribution < -0.4 is 4.74 Å². The molecule has 0 saturated heterocycles. The van der Waals surface area contributed by atoms with Crippen molar-refractivity contribution in [2.24, 2.45) is 0 Å². The molecule has 2 aromatic rings. The molecular formula is C17H18N2O3S. The van der Waals surface area contributed by atoms with Crippen molar-refractivity contribution in [1.82, 2.24) is 9.97 Å². The molecule has 0 aromatic carbocycles. The summed E-state index contributed by atoms with van der Waals surface area (Å²) in [5.74, 6) is -0.475. The smallest absolute Gasteiger partial charge is 0.347 e. The molecule has 2 aromatic heterocycles. The molecule has 0 saturated carbocycles. The van der Waals surface area contributed by atoms with Crippen LogP contribution in [0.3, 0.4) is 0 Å². The Balaban J connectivity index is 0.000000284. The lowest BCUT2D eigenvalue weighted by Crippen LogP contribution is -1.89. The van der Waals surface area contributed by atoms with Gasteiger partial charge in [-0.2, -0.15) is 0 Å². The predicted octanol–water partition coefficient (Wildman–Crippen LogP) is 4.72. The standard InChI is InChI=1S/C9H6N2O3S.C8H12/c12-8(13)7-5-11-9(15-7)14-6-2-1-3-10-4-6;1-4-5-6-7-8(2)3/h1-5H,(H,12,13);4-7H,1H2,2-3H3/b;6-5-. The minimum absolute atomic E-state index is 0.147. The van der Waals surface area contributed by atoms with Crippen LogP contribution in [-0.2, 0) is 0 Å². The molecule has 120 valence electrons. The summed E-state index contributed by atoms with van der Waals surface area (Å²) >= 11 is 0.975. The van der Waals surface area contributed by atoms with Crippen molar-refractivity contribution in [1.29, 1.82) is 0 Å². The number of nitrogens with zero attached hydrogens (tertiary/aromatic N) is 2. The van der Waals surface area contributed by atoms with Crippen LogP contribution >= 0.6 is 11.3 Å². The first-order chi connectivity index (χ1) is 11.0. The average molecular weight is 330 g/mol. The Morgan fingerprint density at radius 1 is 1.35 bits per heavy atom. The monoisotopic (exact) mass is 330 g/mol. The van der Waals surface area contributed by atoms with E-state index in [2.05, 4.69) is 30.4 Å². The van der Waals surface area contributed by atoms with Gasteiger partial charge in [-0.05, 0) is 26.0 Å². The van der Waals surface area contributed by atoms with Gasteiger partial charge in [-0.3, -0.25) is 4.98 Å². The van der Waals surface area contributed by atoms with Crippen LogP contribution in [0.5, 0.6) is 10.9 Å². The molecule has 0 bridgehead atoms. The van der Waals surface area contributed by atoms with Gasteiger partial charge in [0.05, 0.1) is 12.4 Å². The van der Waals surface area contributed by atoms with E-state index in [4.69, 9.17) is 9.84 Å². The summed E-state index contributed by atoms with van der Waals surface area (Å²) in [5, 5.41) is 8.96. The number of thiazole rings is 1. The third-order valence-electron chi connectivity index (χ3n) is 2.21. The summed E-state index contributed by atoms with van der Waals surface area (Å²) in [4.78, 5) is 18.4. The van der Waals surface area contributed by atoms with Gasteiger partial charge in [0.1, 0.15) is 10.6 Å². The molecule has 0 radical (unpaired) electrons. The second-order valence-corrected chi connectivity index (χ2v) is 5.44. The summed E-state index contributed by atoms with van der Waals surface area (Å²) < 4.78 is 5.29. The second kappa shape index (κ2) is 10.1. The summed E-state index contributed by atoms with van der Waals surface area (Å²) in [6, 6.07) is 3.44. The summed E-state index contributed by atoms with van der Waals surface area (Å²) in [5.41, 5.74) is 1.31. The lowest BCUT2D eigenvalue weighted by Gasteiger charge is -1.98. The number of aromatic nitrogens is 2. The van der Waals surface area contributed by atoms with Crippen LogP contribution in [0.25, 0.3) is 0 Å². The molecule has 1 N–H and O–H groups in total. The second-order valence-electron chi connectivity index (χ2n) is 4.45. The fraction of sp³-hybridized carbons (Fsp3) is 0.118. The summed E-state index contributed by atoms with van der Waals surface area (Å²) in [7, 11) is 0. The van der Waals surface area contributed by atoms with Gasteiger partial charge in [-0.25, -0.2) is 9.78 Å². The van der Waals surface area contributed by atoms with Crippen molar-refractivity contribution in [3.05, 3.63) is 72.1 Å². The van der Waals surface area contributed by atoms with Gasteiger partial charge in [0, 0.05) is 6.20 Å². The minimum atomic E-state index is -1.01. The number of carboxylic acids is 1. The highest BCUT2D eigenvalue weighted by Crippen LogP contribution is 2.25. The number of carbonyl (C=O) groups is 1. The van der Waals surface area contributed by atoms with Gasteiger partial charge in [0.2, 0.25) is 0 Å². The number of hydrogen-bond acceptors (Lipinski definition) is 5. The van der Waals surface area contributed by atoms with E-state index in [9.17, 15) is 4.79 Å². The van der Waals surface area contributed by atoms with E-state index in [1.54, 1.807) is 24.4 Å². The number of aromatic carboxylic acids is 1. The Bertz CT molecular complexity index is 687. The van der Waals surface area contributed by atoms with Gasteiger partial charge in [-0.15, -0.1) is 0 Å². The maximum Gasteiger partial charge on any atom is 0.347 e. The zero-order valence-electron chi connectivity index (χ0n) is 13.0. The van der Waals surface area contributed by atoms with Crippen molar-refractivity contribution in [2.75, 3.05) is 0 Å². The van der Waals surface area contributed by atoms with Gasteiger partial charge >= 0.3 is 5.97 Å². The molecule has 23 heavy (non-hydrogen) atoms. The molecule has 0 fully saturated rings. The van der Waals surface area contributed by atoms with E-state index < -0.39 is 5.97 Å².